The molecular weight excluding hydrogens is 503 g/mol. The van der Waals surface area contributed by atoms with Gasteiger partial charge in [-0.25, -0.2) is 4.98 Å². The van der Waals surface area contributed by atoms with Crippen molar-refractivity contribution in [1.82, 2.24) is 25.4 Å². The second kappa shape index (κ2) is 10.8. The number of aromatic nitrogens is 3. The van der Waals surface area contributed by atoms with Crippen LogP contribution in [0.3, 0.4) is 0 Å². The number of rotatable bonds is 6. The van der Waals surface area contributed by atoms with Crippen LogP contribution in [0.1, 0.15) is 54.9 Å². The van der Waals surface area contributed by atoms with Crippen LogP contribution in [0.2, 0.25) is 0 Å². The summed E-state index contributed by atoms with van der Waals surface area (Å²) >= 11 is 0. The average Bonchev–Trinajstić information content (AvgIpc) is 3.29. The molecule has 3 aromatic rings. The molecule has 31 heavy (non-hydrogen) atoms. The molecule has 1 aromatic carbocycles. The van der Waals surface area contributed by atoms with Crippen LogP contribution in [-0.2, 0) is 25.0 Å². The molecular formula is C23H33IN6O. The number of guanidine groups is 1. The Bertz CT molecular complexity index is 1000. The number of nitrogens with one attached hydrogen (secondary N) is 2. The molecule has 0 bridgehead atoms. The Morgan fingerprint density at radius 3 is 2.39 bits per heavy atom. The number of benzene rings is 1. The lowest BCUT2D eigenvalue weighted by molar-refractivity contribution is 0.379. The molecule has 8 heteroatoms. The van der Waals surface area contributed by atoms with E-state index in [-0.39, 0.29) is 29.4 Å². The maximum atomic E-state index is 5.83. The van der Waals surface area contributed by atoms with Crippen LogP contribution in [-0.4, -0.2) is 27.8 Å². The summed E-state index contributed by atoms with van der Waals surface area (Å²) < 4.78 is 7.89. The average molecular weight is 536 g/mol. The Morgan fingerprint density at radius 1 is 1.10 bits per heavy atom. The van der Waals surface area contributed by atoms with E-state index in [9.17, 15) is 0 Å². The van der Waals surface area contributed by atoms with E-state index in [0.717, 1.165) is 23.7 Å². The molecule has 2 aromatic heterocycles. The second-order valence-corrected chi connectivity index (χ2v) is 8.44. The van der Waals surface area contributed by atoms with Gasteiger partial charge in [-0.05, 0) is 19.4 Å². The second-order valence-electron chi connectivity index (χ2n) is 8.44. The maximum Gasteiger partial charge on any atom is 0.213 e. The van der Waals surface area contributed by atoms with E-state index in [2.05, 4.69) is 77.3 Å². The van der Waals surface area contributed by atoms with E-state index in [1.54, 1.807) is 13.2 Å². The fourth-order valence-corrected chi connectivity index (χ4v) is 3.19. The normalized spacial score (nSPS) is 11.9. The van der Waals surface area contributed by atoms with Gasteiger partial charge in [-0.2, -0.15) is 5.10 Å². The summed E-state index contributed by atoms with van der Waals surface area (Å²) in [5.74, 6) is 2.21. The van der Waals surface area contributed by atoms with E-state index in [0.29, 0.717) is 24.9 Å². The molecule has 0 saturated heterocycles. The summed E-state index contributed by atoms with van der Waals surface area (Å²) in [7, 11) is 1.75. The molecule has 0 aliphatic carbocycles. The van der Waals surface area contributed by atoms with Gasteiger partial charge in [-0.3, -0.25) is 9.67 Å². The number of aryl methyl sites for hydroxylation is 1. The standard InChI is InChI=1S/C23H32N6O.HI/c1-16-19(17(2)29(28-16)15-18-10-8-7-9-11-18)12-26-22(24-6)27-14-21-25-13-20(30-21)23(3,4)5;/h7-11,13H,12,14-15H2,1-6H3,(H2,24,26,27);1H. The summed E-state index contributed by atoms with van der Waals surface area (Å²) in [6.07, 6.45) is 1.79. The number of halogens is 1. The minimum atomic E-state index is -0.0554. The van der Waals surface area contributed by atoms with Gasteiger partial charge in [-0.15, -0.1) is 24.0 Å². The minimum absolute atomic E-state index is 0. The molecule has 0 aliphatic rings. The van der Waals surface area contributed by atoms with Crippen molar-refractivity contribution in [3.8, 4) is 0 Å². The van der Waals surface area contributed by atoms with Crippen LogP contribution in [0.25, 0.3) is 0 Å². The third kappa shape index (κ3) is 6.56. The van der Waals surface area contributed by atoms with E-state index < -0.39 is 0 Å². The Hall–Kier alpha value is -2.36. The maximum absolute atomic E-state index is 5.83. The number of hydrogen-bond donors (Lipinski definition) is 2. The molecule has 0 unspecified atom stereocenters. The zero-order chi connectivity index (χ0) is 21.7. The zero-order valence-electron chi connectivity index (χ0n) is 19.2. The molecule has 2 N–H and O–H groups in total. The number of oxazole rings is 1. The van der Waals surface area contributed by atoms with E-state index >= 15 is 0 Å². The first-order valence-corrected chi connectivity index (χ1v) is 10.2. The van der Waals surface area contributed by atoms with E-state index in [1.807, 2.05) is 13.0 Å². The largest absolute Gasteiger partial charge is 0.443 e. The predicted molar refractivity (Wildman–Crippen MR) is 135 cm³/mol. The predicted octanol–water partition coefficient (Wildman–Crippen LogP) is 4.32. The molecule has 0 saturated carbocycles. The van der Waals surface area contributed by atoms with Crippen molar-refractivity contribution < 1.29 is 4.42 Å². The molecule has 168 valence electrons. The molecule has 0 aliphatic heterocycles. The molecule has 0 fully saturated rings. The molecule has 0 radical (unpaired) electrons. The van der Waals surface area contributed by atoms with Gasteiger partial charge in [0.1, 0.15) is 5.76 Å². The lowest BCUT2D eigenvalue weighted by Crippen LogP contribution is -2.36. The summed E-state index contributed by atoms with van der Waals surface area (Å²) in [6.45, 7) is 12.3. The van der Waals surface area contributed by atoms with Crippen molar-refractivity contribution in [2.45, 2.75) is 59.7 Å². The Kier molecular flexibility index (Phi) is 8.67. The summed E-state index contributed by atoms with van der Waals surface area (Å²) in [6, 6.07) is 10.4. The van der Waals surface area contributed by atoms with Crippen LogP contribution in [0.4, 0.5) is 0 Å². The SMILES string of the molecule is CN=C(NCc1ncc(C(C)(C)C)o1)NCc1c(C)nn(Cc2ccccc2)c1C.I. The van der Waals surface area contributed by atoms with Crippen LogP contribution in [0.5, 0.6) is 0 Å². The van der Waals surface area contributed by atoms with Gasteiger partial charge in [-0.1, -0.05) is 51.1 Å². The third-order valence-electron chi connectivity index (χ3n) is 5.06. The minimum Gasteiger partial charge on any atom is -0.443 e. The monoisotopic (exact) mass is 536 g/mol. The van der Waals surface area contributed by atoms with Crippen molar-refractivity contribution >= 4 is 29.9 Å². The molecule has 0 atom stereocenters. The lowest BCUT2D eigenvalue weighted by Gasteiger charge is -2.13. The fourth-order valence-electron chi connectivity index (χ4n) is 3.19. The van der Waals surface area contributed by atoms with Gasteiger partial charge in [0, 0.05) is 30.3 Å². The highest BCUT2D eigenvalue weighted by Crippen LogP contribution is 2.22. The molecule has 3 rings (SSSR count). The highest BCUT2D eigenvalue weighted by Gasteiger charge is 2.19. The fraction of sp³-hybridized carbons (Fsp3) is 0.435. The Morgan fingerprint density at radius 2 is 1.77 bits per heavy atom. The Balaban J connectivity index is 0.00000341. The highest BCUT2D eigenvalue weighted by molar-refractivity contribution is 14.0. The first-order valence-electron chi connectivity index (χ1n) is 10.2. The zero-order valence-corrected chi connectivity index (χ0v) is 21.5. The van der Waals surface area contributed by atoms with Crippen LogP contribution >= 0.6 is 24.0 Å². The number of nitrogens with zero attached hydrogens (tertiary/aromatic N) is 4. The summed E-state index contributed by atoms with van der Waals surface area (Å²) in [4.78, 5) is 8.66. The third-order valence-corrected chi connectivity index (χ3v) is 5.06. The number of aliphatic imine (C=N–C) groups is 1. The van der Waals surface area contributed by atoms with Crippen molar-refractivity contribution in [2.75, 3.05) is 7.05 Å². The first kappa shape index (κ1) is 24.9. The molecule has 0 amide bonds. The Labute approximate surface area is 201 Å². The van der Waals surface area contributed by atoms with Crippen LogP contribution < -0.4 is 10.6 Å². The molecule has 0 spiro atoms. The van der Waals surface area contributed by atoms with Crippen molar-refractivity contribution in [1.29, 1.82) is 0 Å². The quantitative estimate of drug-likeness (QED) is 0.279. The highest BCUT2D eigenvalue weighted by atomic mass is 127. The molecule has 7 nitrogen and oxygen atoms in total. The van der Waals surface area contributed by atoms with Crippen molar-refractivity contribution in [2.24, 2.45) is 4.99 Å². The summed E-state index contributed by atoms with van der Waals surface area (Å²) in [5, 5.41) is 11.3. The van der Waals surface area contributed by atoms with Gasteiger partial charge in [0.2, 0.25) is 5.89 Å². The van der Waals surface area contributed by atoms with Crippen LogP contribution in [0, 0.1) is 13.8 Å². The van der Waals surface area contributed by atoms with Gasteiger partial charge in [0.05, 0.1) is 25.0 Å². The van der Waals surface area contributed by atoms with Crippen molar-refractivity contribution in [3.05, 3.63) is 70.7 Å². The van der Waals surface area contributed by atoms with E-state index in [4.69, 9.17) is 9.52 Å². The van der Waals surface area contributed by atoms with E-state index in [1.165, 1.54) is 11.1 Å². The lowest BCUT2D eigenvalue weighted by atomic mass is 9.94. The van der Waals surface area contributed by atoms with Gasteiger partial charge in [0.15, 0.2) is 5.96 Å². The molecule has 2 heterocycles. The van der Waals surface area contributed by atoms with Crippen molar-refractivity contribution in [3.63, 3.8) is 0 Å². The van der Waals surface area contributed by atoms with Gasteiger partial charge >= 0.3 is 0 Å². The summed E-state index contributed by atoms with van der Waals surface area (Å²) in [5.41, 5.74) is 4.54. The topological polar surface area (TPSA) is 80.3 Å². The van der Waals surface area contributed by atoms with Crippen LogP contribution in [0.15, 0.2) is 45.9 Å². The van der Waals surface area contributed by atoms with Gasteiger partial charge in [0.25, 0.3) is 0 Å². The smallest absolute Gasteiger partial charge is 0.213 e. The number of hydrogen-bond acceptors (Lipinski definition) is 4. The van der Waals surface area contributed by atoms with Gasteiger partial charge < -0.3 is 15.1 Å². The first-order chi connectivity index (χ1) is 14.3.